The average Bonchev–Trinajstić information content (AvgIpc) is 2.59. The summed E-state index contributed by atoms with van der Waals surface area (Å²) in [5.41, 5.74) is 5.18. The van der Waals surface area contributed by atoms with Gasteiger partial charge in [-0.05, 0) is 38.5 Å². The molecule has 4 N–H and O–H groups in total. The molecule has 92 valence electrons. The highest BCUT2D eigenvalue weighted by molar-refractivity contribution is 5.12. The van der Waals surface area contributed by atoms with Crippen LogP contribution in [0, 0.1) is 0 Å². The Kier molecular flexibility index (Phi) is 2.51. The fourth-order valence-corrected chi connectivity index (χ4v) is 3.71. The molecule has 0 aromatic rings. The van der Waals surface area contributed by atoms with E-state index in [1.54, 1.807) is 0 Å². The molecule has 0 spiro atoms. The maximum atomic E-state index is 10.9. The molecule has 0 aromatic carbocycles. The first kappa shape index (κ1) is 11.0. The largest absolute Gasteiger partial charge is 0.388 e. The van der Waals surface area contributed by atoms with Crippen LogP contribution in [0.1, 0.15) is 38.5 Å². The van der Waals surface area contributed by atoms with E-state index in [0.717, 1.165) is 32.3 Å². The Hall–Kier alpha value is -0.160. The first-order valence-corrected chi connectivity index (χ1v) is 6.46. The third kappa shape index (κ3) is 1.59. The zero-order chi connectivity index (χ0) is 11.2. The van der Waals surface area contributed by atoms with Gasteiger partial charge in [0.1, 0.15) is 0 Å². The third-order valence-corrected chi connectivity index (χ3v) is 4.70. The minimum atomic E-state index is -0.718. The molecule has 16 heavy (non-hydrogen) atoms. The van der Waals surface area contributed by atoms with Gasteiger partial charge in [-0.2, -0.15) is 0 Å². The van der Waals surface area contributed by atoms with Crippen LogP contribution in [0.4, 0.5) is 0 Å². The van der Waals surface area contributed by atoms with E-state index in [1.165, 1.54) is 12.8 Å². The summed E-state index contributed by atoms with van der Waals surface area (Å²) in [5.74, 6) is 0. The Morgan fingerprint density at radius 1 is 1.25 bits per heavy atom. The second-order valence-corrected chi connectivity index (χ2v) is 5.89. The average molecular weight is 226 g/mol. The van der Waals surface area contributed by atoms with E-state index in [2.05, 4.69) is 5.32 Å². The van der Waals surface area contributed by atoms with Gasteiger partial charge >= 0.3 is 0 Å². The minimum absolute atomic E-state index is 0.464. The van der Waals surface area contributed by atoms with Crippen molar-refractivity contribution in [3.05, 3.63) is 0 Å². The molecular formula is C12H22N2O2. The number of piperidine rings is 1. The number of ether oxygens (including phenoxy) is 1. The SMILES string of the molecule is NC1(C2(O)CC3CCC(C2)N3)CCCOC1. The van der Waals surface area contributed by atoms with Crippen LogP contribution in [0.5, 0.6) is 0 Å². The second-order valence-electron chi connectivity index (χ2n) is 5.89. The summed E-state index contributed by atoms with van der Waals surface area (Å²) in [6.45, 7) is 1.31. The van der Waals surface area contributed by atoms with Crippen LogP contribution < -0.4 is 11.1 Å². The Morgan fingerprint density at radius 3 is 2.50 bits per heavy atom. The standard InChI is InChI=1S/C12H22N2O2/c13-11(4-1-5-16-8-11)12(15)6-9-2-3-10(7-12)14-9/h9-10,14-15H,1-8,13H2. The molecule has 0 radical (unpaired) electrons. The Morgan fingerprint density at radius 2 is 1.94 bits per heavy atom. The number of hydrogen-bond acceptors (Lipinski definition) is 4. The summed E-state index contributed by atoms with van der Waals surface area (Å²) in [7, 11) is 0. The minimum Gasteiger partial charge on any atom is -0.388 e. The number of nitrogens with one attached hydrogen (secondary N) is 1. The zero-order valence-electron chi connectivity index (χ0n) is 9.74. The van der Waals surface area contributed by atoms with Gasteiger partial charge in [-0.15, -0.1) is 0 Å². The van der Waals surface area contributed by atoms with E-state index in [0.29, 0.717) is 18.7 Å². The molecule has 3 heterocycles. The van der Waals surface area contributed by atoms with E-state index < -0.39 is 11.1 Å². The fourth-order valence-electron chi connectivity index (χ4n) is 3.71. The van der Waals surface area contributed by atoms with Crippen molar-refractivity contribution in [1.82, 2.24) is 5.32 Å². The number of hydrogen-bond donors (Lipinski definition) is 3. The number of rotatable bonds is 1. The van der Waals surface area contributed by atoms with E-state index >= 15 is 0 Å². The van der Waals surface area contributed by atoms with Crippen LogP contribution in [0.2, 0.25) is 0 Å². The van der Waals surface area contributed by atoms with Crippen molar-refractivity contribution in [3.63, 3.8) is 0 Å². The first-order valence-electron chi connectivity index (χ1n) is 6.46. The van der Waals surface area contributed by atoms with Gasteiger partial charge in [-0.3, -0.25) is 0 Å². The highest BCUT2D eigenvalue weighted by Crippen LogP contribution is 2.42. The molecule has 0 saturated carbocycles. The molecule has 0 amide bonds. The summed E-state index contributed by atoms with van der Waals surface area (Å²) in [6.07, 6.45) is 5.82. The van der Waals surface area contributed by atoms with Crippen LogP contribution in [-0.4, -0.2) is 41.5 Å². The maximum Gasteiger partial charge on any atom is 0.0878 e. The van der Waals surface area contributed by atoms with Gasteiger partial charge in [-0.25, -0.2) is 0 Å². The van der Waals surface area contributed by atoms with Gasteiger partial charge in [0, 0.05) is 18.7 Å². The van der Waals surface area contributed by atoms with E-state index in [-0.39, 0.29) is 0 Å². The molecule has 3 aliphatic rings. The van der Waals surface area contributed by atoms with E-state index in [9.17, 15) is 5.11 Å². The summed E-state index contributed by atoms with van der Waals surface area (Å²) in [5, 5.41) is 14.4. The number of aliphatic hydroxyl groups is 1. The van der Waals surface area contributed by atoms with Gasteiger partial charge < -0.3 is 20.9 Å². The van der Waals surface area contributed by atoms with Crippen LogP contribution in [0.3, 0.4) is 0 Å². The molecule has 4 nitrogen and oxygen atoms in total. The molecular weight excluding hydrogens is 204 g/mol. The van der Waals surface area contributed by atoms with Gasteiger partial charge in [0.15, 0.2) is 0 Å². The first-order chi connectivity index (χ1) is 7.61. The lowest BCUT2D eigenvalue weighted by Crippen LogP contribution is -2.69. The summed E-state index contributed by atoms with van der Waals surface area (Å²) < 4.78 is 5.49. The van der Waals surface area contributed by atoms with Gasteiger partial charge in [0.2, 0.25) is 0 Å². The molecule has 4 heteroatoms. The molecule has 0 aliphatic carbocycles. The lowest BCUT2D eigenvalue weighted by Gasteiger charge is -2.50. The van der Waals surface area contributed by atoms with Crippen molar-refractivity contribution in [2.24, 2.45) is 5.73 Å². The molecule has 3 aliphatic heterocycles. The fraction of sp³-hybridized carbons (Fsp3) is 1.00. The van der Waals surface area contributed by atoms with Crippen molar-refractivity contribution in [2.75, 3.05) is 13.2 Å². The molecule has 3 rings (SSSR count). The van der Waals surface area contributed by atoms with Crippen molar-refractivity contribution in [1.29, 1.82) is 0 Å². The number of nitrogens with two attached hydrogens (primary N) is 1. The van der Waals surface area contributed by atoms with E-state index in [1.807, 2.05) is 0 Å². The monoisotopic (exact) mass is 226 g/mol. The lowest BCUT2D eigenvalue weighted by molar-refractivity contribution is -0.119. The quantitative estimate of drug-likeness (QED) is 0.595. The molecule has 3 fully saturated rings. The lowest BCUT2D eigenvalue weighted by atomic mass is 9.69. The molecule has 3 atom stereocenters. The summed E-state index contributed by atoms with van der Waals surface area (Å²) in [6, 6.07) is 0.928. The Bertz CT molecular complexity index is 264. The zero-order valence-corrected chi connectivity index (χ0v) is 9.74. The highest BCUT2D eigenvalue weighted by Gasteiger charge is 2.54. The molecule has 2 bridgehead atoms. The smallest absolute Gasteiger partial charge is 0.0878 e. The second kappa shape index (κ2) is 3.67. The van der Waals surface area contributed by atoms with Crippen LogP contribution >= 0.6 is 0 Å². The normalized spacial score (nSPS) is 52.9. The molecule has 0 aromatic heterocycles. The van der Waals surface area contributed by atoms with Crippen LogP contribution in [0.25, 0.3) is 0 Å². The van der Waals surface area contributed by atoms with Crippen molar-refractivity contribution in [2.45, 2.75) is 61.7 Å². The van der Waals surface area contributed by atoms with Crippen molar-refractivity contribution in [3.8, 4) is 0 Å². The summed E-state index contributed by atoms with van der Waals surface area (Å²) in [4.78, 5) is 0. The predicted molar refractivity (Wildman–Crippen MR) is 61.1 cm³/mol. The molecule has 3 unspecified atom stereocenters. The van der Waals surface area contributed by atoms with Crippen LogP contribution in [0.15, 0.2) is 0 Å². The predicted octanol–water partition coefficient (Wildman–Crippen LogP) is 0.140. The van der Waals surface area contributed by atoms with Gasteiger partial charge in [0.25, 0.3) is 0 Å². The van der Waals surface area contributed by atoms with Crippen molar-refractivity contribution < 1.29 is 9.84 Å². The van der Waals surface area contributed by atoms with Crippen LogP contribution in [-0.2, 0) is 4.74 Å². The van der Waals surface area contributed by atoms with Gasteiger partial charge in [-0.1, -0.05) is 0 Å². The van der Waals surface area contributed by atoms with Crippen molar-refractivity contribution >= 4 is 0 Å². The maximum absolute atomic E-state index is 10.9. The summed E-state index contributed by atoms with van der Waals surface area (Å²) >= 11 is 0. The number of fused-ring (bicyclic) bond motifs is 2. The topological polar surface area (TPSA) is 67.5 Å². The molecule has 3 saturated heterocycles. The Balaban J connectivity index is 1.81. The van der Waals surface area contributed by atoms with Gasteiger partial charge in [0.05, 0.1) is 17.7 Å². The highest BCUT2D eigenvalue weighted by atomic mass is 16.5. The van der Waals surface area contributed by atoms with E-state index in [4.69, 9.17) is 10.5 Å². The Labute approximate surface area is 96.5 Å². The third-order valence-electron chi connectivity index (χ3n) is 4.70.